The number of hydrogen-bond acceptors (Lipinski definition) is 6. The van der Waals surface area contributed by atoms with Crippen LogP contribution in [0, 0.1) is 0 Å². The minimum absolute atomic E-state index is 0.166. The van der Waals surface area contributed by atoms with Crippen molar-refractivity contribution in [1.82, 2.24) is 39.7 Å². The van der Waals surface area contributed by atoms with E-state index < -0.39 is 0 Å². The zero-order valence-electron chi connectivity index (χ0n) is 15.7. The third-order valence-electron chi connectivity index (χ3n) is 5.59. The fraction of sp³-hybridized carbons (Fsp3) is 0.667. The van der Waals surface area contributed by atoms with Gasteiger partial charge in [0.15, 0.2) is 0 Å². The Hall–Kier alpha value is -2.26. The molecule has 0 spiro atoms. The lowest BCUT2D eigenvalue weighted by Crippen LogP contribution is -2.50. The molecule has 1 unspecified atom stereocenters. The fourth-order valence-electron chi connectivity index (χ4n) is 3.97. The van der Waals surface area contributed by atoms with E-state index in [9.17, 15) is 4.79 Å². The number of nitrogens with zero attached hydrogens (tertiary/aromatic N) is 7. The van der Waals surface area contributed by atoms with Crippen molar-refractivity contribution >= 4 is 5.91 Å². The predicted molar refractivity (Wildman–Crippen MR) is 100 cm³/mol. The molecule has 2 aliphatic heterocycles. The fourth-order valence-corrected chi connectivity index (χ4v) is 3.97. The molecule has 2 saturated heterocycles. The number of hydrogen-bond donors (Lipinski definition) is 1. The molecule has 0 aromatic carbocycles. The molecule has 2 aromatic rings. The topological polar surface area (TPSA) is 84.1 Å². The van der Waals surface area contributed by atoms with Crippen LogP contribution in [0.15, 0.2) is 24.9 Å². The minimum atomic E-state index is 0.166. The normalized spacial score (nSPS) is 21.5. The summed E-state index contributed by atoms with van der Waals surface area (Å²) in [6.07, 6.45) is 7.46. The molecule has 0 saturated carbocycles. The molecule has 1 amide bonds. The molecule has 2 fully saturated rings. The lowest BCUT2D eigenvalue weighted by molar-refractivity contribution is -0.133. The highest BCUT2D eigenvalue weighted by Gasteiger charge is 2.24. The first-order chi connectivity index (χ1) is 13.3. The number of aromatic nitrogens is 5. The van der Waals surface area contributed by atoms with Gasteiger partial charge in [0.1, 0.15) is 19.2 Å². The lowest BCUT2D eigenvalue weighted by Gasteiger charge is -2.34. The Morgan fingerprint density at radius 2 is 2.07 bits per heavy atom. The highest BCUT2D eigenvalue weighted by atomic mass is 16.2. The summed E-state index contributed by atoms with van der Waals surface area (Å²) in [4.78, 5) is 21.1. The standard InChI is InChI=1S/C18H28N8O/c27-18(13-26-17(3-5-21-26)16-2-1-4-19-12-16)24-9-6-23(7-10-24)8-11-25-15-20-14-22-25/h3,5,14-16,19H,1-2,4,6-13H2. The summed E-state index contributed by atoms with van der Waals surface area (Å²) in [7, 11) is 0. The quantitative estimate of drug-likeness (QED) is 0.755. The van der Waals surface area contributed by atoms with E-state index in [-0.39, 0.29) is 5.91 Å². The van der Waals surface area contributed by atoms with E-state index >= 15 is 0 Å². The Balaban J connectivity index is 1.26. The maximum Gasteiger partial charge on any atom is 0.244 e. The van der Waals surface area contributed by atoms with Crippen LogP contribution in [0.25, 0.3) is 0 Å². The van der Waals surface area contributed by atoms with Crippen LogP contribution < -0.4 is 5.32 Å². The predicted octanol–water partition coefficient (Wildman–Crippen LogP) is -0.214. The van der Waals surface area contributed by atoms with Crippen LogP contribution in [0.2, 0.25) is 0 Å². The second-order valence-electron chi connectivity index (χ2n) is 7.34. The molecule has 4 heterocycles. The Morgan fingerprint density at radius 3 is 2.81 bits per heavy atom. The molecule has 146 valence electrons. The second kappa shape index (κ2) is 8.62. The van der Waals surface area contributed by atoms with Crippen LogP contribution in [-0.4, -0.2) is 86.1 Å². The minimum Gasteiger partial charge on any atom is -0.339 e. The van der Waals surface area contributed by atoms with Gasteiger partial charge in [0.05, 0.1) is 6.54 Å². The van der Waals surface area contributed by atoms with Crippen molar-refractivity contribution in [1.29, 1.82) is 0 Å². The highest BCUT2D eigenvalue weighted by Crippen LogP contribution is 2.22. The summed E-state index contributed by atoms with van der Waals surface area (Å²) in [6.45, 7) is 7.53. The molecule has 4 rings (SSSR count). The first-order valence-electron chi connectivity index (χ1n) is 9.84. The van der Waals surface area contributed by atoms with E-state index in [0.717, 1.165) is 58.8 Å². The van der Waals surface area contributed by atoms with E-state index in [2.05, 4.69) is 31.5 Å². The first kappa shape index (κ1) is 18.1. The SMILES string of the molecule is O=C(Cn1nccc1C1CCCNC1)N1CCN(CCn2cncn2)CC1. The monoisotopic (exact) mass is 372 g/mol. The van der Waals surface area contributed by atoms with Crippen LogP contribution in [0.3, 0.4) is 0 Å². The largest absolute Gasteiger partial charge is 0.339 e. The molecule has 1 atom stereocenters. The number of piperazine rings is 1. The van der Waals surface area contributed by atoms with Gasteiger partial charge in [-0.25, -0.2) is 4.98 Å². The zero-order valence-corrected chi connectivity index (χ0v) is 15.7. The molecule has 0 radical (unpaired) electrons. The Morgan fingerprint density at radius 1 is 1.19 bits per heavy atom. The summed E-state index contributed by atoms with van der Waals surface area (Å²) < 4.78 is 3.74. The maximum absolute atomic E-state index is 12.8. The third kappa shape index (κ3) is 4.54. The van der Waals surface area contributed by atoms with Crippen molar-refractivity contribution in [3.63, 3.8) is 0 Å². The highest BCUT2D eigenvalue weighted by molar-refractivity contribution is 5.76. The Kier molecular flexibility index (Phi) is 5.78. The van der Waals surface area contributed by atoms with Crippen molar-refractivity contribution in [3.8, 4) is 0 Å². The summed E-state index contributed by atoms with van der Waals surface area (Å²) >= 11 is 0. The first-order valence-corrected chi connectivity index (χ1v) is 9.84. The molecule has 1 N–H and O–H groups in total. The van der Waals surface area contributed by atoms with Crippen molar-refractivity contribution in [3.05, 3.63) is 30.6 Å². The number of nitrogens with one attached hydrogen (secondary N) is 1. The summed E-state index contributed by atoms with van der Waals surface area (Å²) in [5.41, 5.74) is 1.18. The van der Waals surface area contributed by atoms with Gasteiger partial charge in [-0.2, -0.15) is 10.2 Å². The Bertz CT molecular complexity index is 714. The van der Waals surface area contributed by atoms with Crippen molar-refractivity contribution in [2.45, 2.75) is 31.8 Å². The number of carbonyl (C=O) groups is 1. The average molecular weight is 372 g/mol. The van der Waals surface area contributed by atoms with E-state index in [4.69, 9.17) is 0 Å². The molecular weight excluding hydrogens is 344 g/mol. The van der Waals surface area contributed by atoms with Crippen LogP contribution >= 0.6 is 0 Å². The van der Waals surface area contributed by atoms with Crippen molar-refractivity contribution < 1.29 is 4.79 Å². The number of amides is 1. The molecule has 2 aliphatic rings. The Labute approximate surface area is 159 Å². The van der Waals surface area contributed by atoms with Crippen molar-refractivity contribution in [2.75, 3.05) is 45.8 Å². The zero-order chi connectivity index (χ0) is 18.5. The molecule has 0 aliphatic carbocycles. The molecule has 27 heavy (non-hydrogen) atoms. The maximum atomic E-state index is 12.8. The van der Waals surface area contributed by atoms with Crippen LogP contribution in [0.4, 0.5) is 0 Å². The van der Waals surface area contributed by atoms with Gasteiger partial charge in [-0.3, -0.25) is 19.1 Å². The molecule has 9 nitrogen and oxygen atoms in total. The summed E-state index contributed by atoms with van der Waals surface area (Å²) in [6, 6.07) is 2.06. The van der Waals surface area contributed by atoms with Gasteiger partial charge >= 0.3 is 0 Å². The second-order valence-corrected chi connectivity index (χ2v) is 7.34. The molecule has 0 bridgehead atoms. The van der Waals surface area contributed by atoms with Gasteiger partial charge in [-0.05, 0) is 25.5 Å². The smallest absolute Gasteiger partial charge is 0.244 e. The molecule has 2 aromatic heterocycles. The third-order valence-corrected chi connectivity index (χ3v) is 5.59. The summed E-state index contributed by atoms with van der Waals surface area (Å²) in [5.74, 6) is 0.627. The number of rotatable bonds is 6. The average Bonchev–Trinajstić information content (AvgIpc) is 3.39. The van der Waals surface area contributed by atoms with Crippen molar-refractivity contribution in [2.24, 2.45) is 0 Å². The van der Waals surface area contributed by atoms with Crippen LogP contribution in [-0.2, 0) is 17.9 Å². The van der Waals surface area contributed by atoms with E-state index in [1.165, 1.54) is 12.1 Å². The number of carbonyl (C=O) groups excluding carboxylic acids is 1. The van der Waals surface area contributed by atoms with E-state index in [1.54, 1.807) is 12.7 Å². The van der Waals surface area contributed by atoms with E-state index in [1.807, 2.05) is 20.5 Å². The number of piperidine rings is 1. The van der Waals surface area contributed by atoms with Crippen LogP contribution in [0.5, 0.6) is 0 Å². The molecular formula is C18H28N8O. The van der Waals surface area contributed by atoms with Gasteiger partial charge in [-0.15, -0.1) is 0 Å². The van der Waals surface area contributed by atoms with Gasteiger partial charge < -0.3 is 10.2 Å². The van der Waals surface area contributed by atoms with Gasteiger partial charge in [0.25, 0.3) is 0 Å². The molecule has 9 heteroatoms. The van der Waals surface area contributed by atoms with E-state index in [0.29, 0.717) is 12.5 Å². The van der Waals surface area contributed by atoms with Gasteiger partial charge in [0, 0.05) is 57.1 Å². The van der Waals surface area contributed by atoms with Crippen LogP contribution in [0.1, 0.15) is 24.5 Å². The summed E-state index contributed by atoms with van der Waals surface area (Å²) in [5, 5.41) is 12.0. The van der Waals surface area contributed by atoms with Gasteiger partial charge in [-0.1, -0.05) is 0 Å². The van der Waals surface area contributed by atoms with Gasteiger partial charge in [0.2, 0.25) is 5.91 Å². The lowest BCUT2D eigenvalue weighted by atomic mass is 9.96.